The van der Waals surface area contributed by atoms with Gasteiger partial charge in [0.25, 0.3) is 0 Å². The van der Waals surface area contributed by atoms with E-state index >= 15 is 0 Å². The number of ether oxygens (including phenoxy) is 1. The number of anilines is 1. The van der Waals surface area contributed by atoms with E-state index in [1.165, 1.54) is 18.0 Å². The Hall–Kier alpha value is -3.33. The molecule has 0 bridgehead atoms. The molecule has 0 unspecified atom stereocenters. The van der Waals surface area contributed by atoms with Crippen molar-refractivity contribution in [1.29, 1.82) is 0 Å². The third-order valence-electron chi connectivity index (χ3n) is 3.81. The van der Waals surface area contributed by atoms with Gasteiger partial charge in [-0.1, -0.05) is 11.8 Å². The molecule has 4 aromatic rings. The van der Waals surface area contributed by atoms with Crippen molar-refractivity contribution in [2.45, 2.75) is 12.1 Å². The number of thioether (sulfide) groups is 1. The molecule has 8 nitrogen and oxygen atoms in total. The van der Waals surface area contributed by atoms with Gasteiger partial charge in [0, 0.05) is 11.6 Å². The first-order chi connectivity index (χ1) is 13.7. The SMILES string of the molecule is CCOc1ccc(-c2ccc3nnc(SCC(=O)Nc4ccco4)n3n2)cc1. The molecule has 0 radical (unpaired) electrons. The van der Waals surface area contributed by atoms with Gasteiger partial charge in [0.1, 0.15) is 5.75 Å². The Kier molecular flexibility index (Phi) is 5.24. The average molecular weight is 395 g/mol. The lowest BCUT2D eigenvalue weighted by Gasteiger charge is -2.05. The number of nitrogens with one attached hydrogen (secondary N) is 1. The highest BCUT2D eigenvalue weighted by atomic mass is 32.2. The molecule has 1 N–H and O–H groups in total. The fourth-order valence-corrected chi connectivity index (χ4v) is 3.24. The van der Waals surface area contributed by atoms with Crippen molar-refractivity contribution in [3.8, 4) is 17.0 Å². The average Bonchev–Trinajstić information content (AvgIpc) is 3.36. The highest BCUT2D eigenvalue weighted by Gasteiger charge is 2.12. The lowest BCUT2D eigenvalue weighted by Crippen LogP contribution is -2.13. The summed E-state index contributed by atoms with van der Waals surface area (Å²) in [6.07, 6.45) is 1.50. The van der Waals surface area contributed by atoms with Gasteiger partial charge in [0.15, 0.2) is 11.5 Å². The van der Waals surface area contributed by atoms with Crippen LogP contribution in [0.5, 0.6) is 5.75 Å². The number of benzene rings is 1. The van der Waals surface area contributed by atoms with E-state index in [2.05, 4.69) is 20.6 Å². The molecule has 1 amide bonds. The Morgan fingerprint density at radius 2 is 2.04 bits per heavy atom. The second kappa shape index (κ2) is 8.13. The molecule has 9 heteroatoms. The van der Waals surface area contributed by atoms with Crippen molar-refractivity contribution in [2.75, 3.05) is 17.7 Å². The molecule has 0 saturated carbocycles. The summed E-state index contributed by atoms with van der Waals surface area (Å²) in [6, 6.07) is 14.8. The van der Waals surface area contributed by atoms with Crippen LogP contribution in [0.2, 0.25) is 0 Å². The lowest BCUT2D eigenvalue weighted by molar-refractivity contribution is -0.113. The van der Waals surface area contributed by atoms with Crippen molar-refractivity contribution in [2.24, 2.45) is 0 Å². The van der Waals surface area contributed by atoms with E-state index in [1.54, 1.807) is 16.6 Å². The van der Waals surface area contributed by atoms with Gasteiger partial charge in [-0.2, -0.15) is 9.61 Å². The zero-order chi connectivity index (χ0) is 19.3. The number of rotatable bonds is 7. The smallest absolute Gasteiger partial charge is 0.237 e. The Morgan fingerprint density at radius 1 is 1.18 bits per heavy atom. The summed E-state index contributed by atoms with van der Waals surface area (Å²) in [5.41, 5.74) is 2.34. The first-order valence-corrected chi connectivity index (χ1v) is 9.63. The summed E-state index contributed by atoms with van der Waals surface area (Å²) in [4.78, 5) is 12.0. The predicted molar refractivity (Wildman–Crippen MR) is 105 cm³/mol. The number of hydrogen-bond donors (Lipinski definition) is 1. The molecule has 0 saturated heterocycles. The minimum absolute atomic E-state index is 0.163. The number of nitrogens with zero attached hydrogens (tertiary/aromatic N) is 4. The number of aromatic nitrogens is 4. The maximum Gasteiger partial charge on any atom is 0.237 e. The zero-order valence-corrected chi connectivity index (χ0v) is 15.8. The van der Waals surface area contributed by atoms with E-state index in [-0.39, 0.29) is 11.7 Å². The van der Waals surface area contributed by atoms with Gasteiger partial charge in [0.05, 0.1) is 24.3 Å². The molecular weight excluding hydrogens is 378 g/mol. The van der Waals surface area contributed by atoms with E-state index in [0.29, 0.717) is 23.3 Å². The van der Waals surface area contributed by atoms with Crippen molar-refractivity contribution in [3.63, 3.8) is 0 Å². The van der Waals surface area contributed by atoms with Crippen LogP contribution >= 0.6 is 11.8 Å². The van der Waals surface area contributed by atoms with Crippen LogP contribution in [-0.2, 0) is 4.79 Å². The normalized spacial score (nSPS) is 10.9. The lowest BCUT2D eigenvalue weighted by atomic mass is 10.1. The highest BCUT2D eigenvalue weighted by Crippen LogP contribution is 2.23. The maximum atomic E-state index is 12.0. The topological polar surface area (TPSA) is 94.5 Å². The van der Waals surface area contributed by atoms with Crippen molar-refractivity contribution in [1.82, 2.24) is 19.8 Å². The van der Waals surface area contributed by atoms with Gasteiger partial charge in [0.2, 0.25) is 11.1 Å². The van der Waals surface area contributed by atoms with Gasteiger partial charge in [-0.3, -0.25) is 10.1 Å². The Labute approximate surface area is 164 Å². The van der Waals surface area contributed by atoms with Crippen LogP contribution in [0.1, 0.15) is 6.92 Å². The van der Waals surface area contributed by atoms with Crippen LogP contribution in [-0.4, -0.2) is 38.1 Å². The van der Waals surface area contributed by atoms with Gasteiger partial charge in [-0.05, 0) is 49.4 Å². The van der Waals surface area contributed by atoms with E-state index in [1.807, 2.05) is 43.3 Å². The molecule has 0 atom stereocenters. The fourth-order valence-electron chi connectivity index (χ4n) is 2.56. The van der Waals surface area contributed by atoms with Crippen molar-refractivity contribution < 1.29 is 13.9 Å². The summed E-state index contributed by atoms with van der Waals surface area (Å²) in [6.45, 7) is 2.57. The number of carbonyl (C=O) groups is 1. The maximum absolute atomic E-state index is 12.0. The molecule has 4 rings (SSSR count). The number of carbonyl (C=O) groups excluding carboxylic acids is 1. The fraction of sp³-hybridized carbons (Fsp3) is 0.158. The molecule has 0 spiro atoms. The van der Waals surface area contributed by atoms with Gasteiger partial charge in [-0.25, -0.2) is 0 Å². The molecule has 0 aliphatic rings. The number of hydrogen-bond acceptors (Lipinski definition) is 7. The van der Waals surface area contributed by atoms with Crippen molar-refractivity contribution >= 4 is 29.2 Å². The minimum Gasteiger partial charge on any atom is -0.494 e. The molecule has 142 valence electrons. The molecule has 3 aromatic heterocycles. The second-order valence-electron chi connectivity index (χ2n) is 5.74. The summed E-state index contributed by atoms with van der Waals surface area (Å²) in [5, 5.41) is 16.1. The monoisotopic (exact) mass is 395 g/mol. The standard InChI is InChI=1S/C19H17N5O3S/c1-2-26-14-7-5-13(6-8-14)15-9-10-16-21-22-19(24(16)23-15)28-12-17(25)20-18-4-3-11-27-18/h3-11H,2,12H2,1H3,(H,20,25). The Morgan fingerprint density at radius 3 is 2.79 bits per heavy atom. The molecule has 0 aliphatic heterocycles. The van der Waals surface area contributed by atoms with Gasteiger partial charge < -0.3 is 9.15 Å². The zero-order valence-electron chi connectivity index (χ0n) is 15.0. The molecule has 0 fully saturated rings. The first kappa shape index (κ1) is 18.1. The summed E-state index contributed by atoms with van der Waals surface area (Å²) in [5.74, 6) is 1.19. The van der Waals surface area contributed by atoms with Gasteiger partial charge in [-0.15, -0.1) is 10.2 Å². The quantitative estimate of drug-likeness (QED) is 0.479. The van der Waals surface area contributed by atoms with Gasteiger partial charge >= 0.3 is 0 Å². The Bertz CT molecular complexity index is 1080. The summed E-state index contributed by atoms with van der Waals surface area (Å²) in [7, 11) is 0. The van der Waals surface area contributed by atoms with E-state index in [9.17, 15) is 4.79 Å². The summed E-state index contributed by atoms with van der Waals surface area (Å²) >= 11 is 1.25. The predicted octanol–water partition coefficient (Wildman–Crippen LogP) is 3.51. The highest BCUT2D eigenvalue weighted by molar-refractivity contribution is 7.99. The number of fused-ring (bicyclic) bond motifs is 1. The molecule has 1 aromatic carbocycles. The van der Waals surface area contributed by atoms with E-state index in [4.69, 9.17) is 9.15 Å². The largest absolute Gasteiger partial charge is 0.494 e. The van der Waals surface area contributed by atoms with E-state index in [0.717, 1.165) is 17.0 Å². The van der Waals surface area contributed by atoms with Crippen molar-refractivity contribution in [3.05, 3.63) is 54.8 Å². The van der Waals surface area contributed by atoms with E-state index < -0.39 is 0 Å². The van der Waals surface area contributed by atoms with Crippen LogP contribution < -0.4 is 10.1 Å². The second-order valence-corrected chi connectivity index (χ2v) is 6.69. The Balaban J connectivity index is 1.50. The molecule has 3 heterocycles. The van der Waals surface area contributed by atoms with Crippen LogP contribution in [0.25, 0.3) is 16.9 Å². The van der Waals surface area contributed by atoms with Crippen LogP contribution in [0.4, 0.5) is 5.88 Å². The van der Waals surface area contributed by atoms with Crippen LogP contribution in [0.15, 0.2) is 64.4 Å². The van der Waals surface area contributed by atoms with Crippen LogP contribution in [0.3, 0.4) is 0 Å². The number of furan rings is 1. The third kappa shape index (κ3) is 3.99. The minimum atomic E-state index is -0.195. The first-order valence-electron chi connectivity index (χ1n) is 8.65. The molecular formula is C19H17N5O3S. The summed E-state index contributed by atoms with van der Waals surface area (Å²) < 4.78 is 12.2. The third-order valence-corrected chi connectivity index (χ3v) is 4.73. The van der Waals surface area contributed by atoms with Crippen LogP contribution in [0, 0.1) is 0 Å². The molecule has 0 aliphatic carbocycles. The number of amides is 1. The molecule has 28 heavy (non-hydrogen) atoms.